The molecular weight excluding hydrogens is 316 g/mol. The zero-order chi connectivity index (χ0) is 17.8. The van der Waals surface area contributed by atoms with E-state index in [4.69, 9.17) is 0 Å². The minimum absolute atomic E-state index is 0.101. The number of hydrogen-bond acceptors (Lipinski definition) is 3. The zero-order valence-electron chi connectivity index (χ0n) is 14.1. The van der Waals surface area contributed by atoms with Crippen LogP contribution in [0.4, 0.5) is 0 Å². The third-order valence-electron chi connectivity index (χ3n) is 4.39. The van der Waals surface area contributed by atoms with Crippen LogP contribution in [0.5, 0.6) is 5.75 Å². The summed E-state index contributed by atoms with van der Waals surface area (Å²) < 4.78 is 0. The van der Waals surface area contributed by atoms with Crippen LogP contribution < -0.4 is 5.32 Å². The maximum Gasteiger partial charge on any atom is 0.220 e. The molecular formula is C20H22N2O3. The molecule has 3 aromatic rings. The smallest absolute Gasteiger partial charge is 0.220 e. The molecule has 0 aliphatic heterocycles. The molecule has 0 aliphatic rings. The number of amides is 1. The fourth-order valence-electron chi connectivity index (χ4n) is 2.95. The Bertz CT molecular complexity index is 855. The molecule has 25 heavy (non-hydrogen) atoms. The van der Waals surface area contributed by atoms with Crippen molar-refractivity contribution in [2.75, 3.05) is 0 Å². The second kappa shape index (κ2) is 7.40. The van der Waals surface area contributed by atoms with Gasteiger partial charge in [0.15, 0.2) is 0 Å². The Kier molecular flexibility index (Phi) is 5.05. The standard InChI is InChI=1S/C20H22N2O3/c1-13(20(25)14-6-9-16(23)10-7-14)22-19(24)11-8-15-12-21-18-5-3-2-4-17(15)18/h2-7,9-10,12-13,20-21,23,25H,8,11H2,1H3,(H,22,24)/t13-,20-/m0/s1. The molecule has 130 valence electrons. The third kappa shape index (κ3) is 4.00. The number of carbonyl (C=O) groups is 1. The van der Waals surface area contributed by atoms with Gasteiger partial charge in [-0.05, 0) is 42.7 Å². The molecule has 0 unspecified atom stereocenters. The van der Waals surface area contributed by atoms with Crippen molar-refractivity contribution in [3.05, 3.63) is 65.9 Å². The number of para-hydroxylation sites is 1. The Labute approximate surface area is 146 Å². The fourth-order valence-corrected chi connectivity index (χ4v) is 2.95. The van der Waals surface area contributed by atoms with Crippen LogP contribution in [-0.2, 0) is 11.2 Å². The van der Waals surface area contributed by atoms with Gasteiger partial charge < -0.3 is 20.5 Å². The van der Waals surface area contributed by atoms with Crippen LogP contribution in [0, 0.1) is 0 Å². The van der Waals surface area contributed by atoms with Crippen LogP contribution in [0.1, 0.15) is 30.6 Å². The number of aliphatic hydroxyl groups excluding tert-OH is 1. The third-order valence-corrected chi connectivity index (χ3v) is 4.39. The van der Waals surface area contributed by atoms with Crippen molar-refractivity contribution >= 4 is 16.8 Å². The molecule has 0 radical (unpaired) electrons. The van der Waals surface area contributed by atoms with Gasteiger partial charge in [0.2, 0.25) is 5.91 Å². The van der Waals surface area contributed by atoms with Crippen LogP contribution in [0.25, 0.3) is 10.9 Å². The van der Waals surface area contributed by atoms with E-state index in [1.807, 2.05) is 30.5 Å². The molecule has 2 aromatic carbocycles. The van der Waals surface area contributed by atoms with Crippen LogP contribution in [0.2, 0.25) is 0 Å². The van der Waals surface area contributed by atoms with Crippen LogP contribution in [0.15, 0.2) is 54.7 Å². The normalized spacial score (nSPS) is 13.5. The number of nitrogens with one attached hydrogen (secondary N) is 2. The van der Waals surface area contributed by atoms with E-state index < -0.39 is 12.1 Å². The lowest BCUT2D eigenvalue weighted by Gasteiger charge is -2.20. The molecule has 1 aromatic heterocycles. The average Bonchev–Trinajstić information content (AvgIpc) is 3.03. The van der Waals surface area contributed by atoms with Gasteiger partial charge in [-0.3, -0.25) is 4.79 Å². The van der Waals surface area contributed by atoms with Crippen molar-refractivity contribution in [1.82, 2.24) is 10.3 Å². The highest BCUT2D eigenvalue weighted by Crippen LogP contribution is 2.21. The number of benzene rings is 2. The number of aromatic nitrogens is 1. The quantitative estimate of drug-likeness (QED) is 0.557. The number of fused-ring (bicyclic) bond motifs is 1. The molecule has 5 heteroatoms. The number of aromatic amines is 1. The molecule has 0 bridgehead atoms. The van der Waals surface area contributed by atoms with Gasteiger partial charge in [-0.15, -0.1) is 0 Å². The number of H-pyrrole nitrogens is 1. The Morgan fingerprint density at radius 3 is 2.64 bits per heavy atom. The number of carbonyl (C=O) groups excluding carboxylic acids is 1. The lowest BCUT2D eigenvalue weighted by Crippen LogP contribution is -2.37. The summed E-state index contributed by atoms with van der Waals surface area (Å²) in [7, 11) is 0. The van der Waals surface area contributed by atoms with E-state index in [2.05, 4.69) is 10.3 Å². The molecule has 1 heterocycles. The van der Waals surface area contributed by atoms with E-state index in [1.54, 1.807) is 19.1 Å². The van der Waals surface area contributed by atoms with Crippen LogP contribution >= 0.6 is 0 Å². The minimum Gasteiger partial charge on any atom is -0.508 e. The number of aromatic hydroxyl groups is 1. The first kappa shape index (κ1) is 17.0. The maximum atomic E-state index is 12.2. The number of hydrogen-bond donors (Lipinski definition) is 4. The first-order valence-electron chi connectivity index (χ1n) is 8.36. The van der Waals surface area contributed by atoms with Gasteiger partial charge >= 0.3 is 0 Å². The average molecular weight is 338 g/mol. The van der Waals surface area contributed by atoms with Crippen molar-refractivity contribution in [2.45, 2.75) is 31.9 Å². The molecule has 0 spiro atoms. The minimum atomic E-state index is -0.822. The van der Waals surface area contributed by atoms with Gasteiger partial charge in [0, 0.05) is 23.5 Å². The van der Waals surface area contributed by atoms with Crippen molar-refractivity contribution in [3.8, 4) is 5.75 Å². The highest BCUT2D eigenvalue weighted by molar-refractivity contribution is 5.84. The van der Waals surface area contributed by atoms with Gasteiger partial charge in [-0.1, -0.05) is 30.3 Å². The van der Waals surface area contributed by atoms with Gasteiger partial charge in [-0.25, -0.2) is 0 Å². The van der Waals surface area contributed by atoms with Crippen molar-refractivity contribution < 1.29 is 15.0 Å². The second-order valence-electron chi connectivity index (χ2n) is 6.25. The summed E-state index contributed by atoms with van der Waals surface area (Å²) in [5.74, 6) is 0.0435. The van der Waals surface area contributed by atoms with E-state index in [9.17, 15) is 15.0 Å². The highest BCUT2D eigenvalue weighted by Gasteiger charge is 2.18. The number of phenolic OH excluding ortho intramolecular Hbond substituents is 1. The van der Waals surface area contributed by atoms with Gasteiger partial charge in [0.25, 0.3) is 0 Å². The molecule has 2 atom stereocenters. The molecule has 0 aliphatic carbocycles. The summed E-state index contributed by atoms with van der Waals surface area (Å²) in [5, 5.41) is 23.6. The number of phenols is 1. The number of rotatable bonds is 6. The first-order chi connectivity index (χ1) is 12.0. The summed E-state index contributed by atoms with van der Waals surface area (Å²) in [6.07, 6.45) is 2.11. The van der Waals surface area contributed by atoms with Crippen molar-refractivity contribution in [2.24, 2.45) is 0 Å². The Morgan fingerprint density at radius 1 is 1.16 bits per heavy atom. The predicted octanol–water partition coefficient (Wildman–Crippen LogP) is 3.04. The van der Waals surface area contributed by atoms with E-state index in [0.717, 1.165) is 16.5 Å². The van der Waals surface area contributed by atoms with Crippen LogP contribution in [-0.4, -0.2) is 27.1 Å². The summed E-state index contributed by atoms with van der Waals surface area (Å²) >= 11 is 0. The first-order valence-corrected chi connectivity index (χ1v) is 8.36. The van der Waals surface area contributed by atoms with E-state index >= 15 is 0 Å². The summed E-state index contributed by atoms with van der Waals surface area (Å²) in [6, 6.07) is 13.9. The van der Waals surface area contributed by atoms with E-state index in [0.29, 0.717) is 18.4 Å². The van der Waals surface area contributed by atoms with E-state index in [-0.39, 0.29) is 11.7 Å². The molecule has 1 amide bonds. The lowest BCUT2D eigenvalue weighted by molar-refractivity contribution is -0.122. The van der Waals surface area contributed by atoms with Crippen LogP contribution in [0.3, 0.4) is 0 Å². The number of aliphatic hydroxyl groups is 1. The topological polar surface area (TPSA) is 85.4 Å². The maximum absolute atomic E-state index is 12.2. The molecule has 0 saturated carbocycles. The molecule has 5 nitrogen and oxygen atoms in total. The summed E-state index contributed by atoms with van der Waals surface area (Å²) in [6.45, 7) is 1.76. The summed E-state index contributed by atoms with van der Waals surface area (Å²) in [5.41, 5.74) is 2.83. The second-order valence-corrected chi connectivity index (χ2v) is 6.25. The molecule has 0 fully saturated rings. The Morgan fingerprint density at radius 2 is 1.88 bits per heavy atom. The van der Waals surface area contributed by atoms with Crippen molar-refractivity contribution in [1.29, 1.82) is 0 Å². The SMILES string of the molecule is C[C@H](NC(=O)CCc1c[nH]c2ccccc12)[C@H](O)c1ccc(O)cc1. The van der Waals surface area contributed by atoms with Gasteiger partial charge in [-0.2, -0.15) is 0 Å². The molecule has 4 N–H and O–H groups in total. The predicted molar refractivity (Wildman–Crippen MR) is 97.3 cm³/mol. The zero-order valence-corrected chi connectivity index (χ0v) is 14.1. The number of aryl methyl sites for hydroxylation is 1. The highest BCUT2D eigenvalue weighted by atomic mass is 16.3. The molecule has 0 saturated heterocycles. The summed E-state index contributed by atoms with van der Waals surface area (Å²) in [4.78, 5) is 15.4. The largest absolute Gasteiger partial charge is 0.508 e. The van der Waals surface area contributed by atoms with Gasteiger partial charge in [0.1, 0.15) is 5.75 Å². The molecule has 3 rings (SSSR count). The Balaban J connectivity index is 1.55. The lowest BCUT2D eigenvalue weighted by atomic mass is 10.0. The van der Waals surface area contributed by atoms with Crippen molar-refractivity contribution in [3.63, 3.8) is 0 Å². The fraction of sp³-hybridized carbons (Fsp3) is 0.250. The van der Waals surface area contributed by atoms with E-state index in [1.165, 1.54) is 12.1 Å². The van der Waals surface area contributed by atoms with Gasteiger partial charge in [0.05, 0.1) is 12.1 Å². The monoisotopic (exact) mass is 338 g/mol. The Hall–Kier alpha value is -2.79.